The standard InChI is InChI=1S/C13H14BrN3/c1-2-3-10-4-6-11(7-5-10)17-13-8-12(14)15-9-16-13/h4-9H,2-3H2,1H3,(H,15,16,17). The summed E-state index contributed by atoms with van der Waals surface area (Å²) < 4.78 is 0.776. The number of aryl methyl sites for hydroxylation is 1. The van der Waals surface area contributed by atoms with E-state index in [1.54, 1.807) is 0 Å². The van der Waals surface area contributed by atoms with E-state index in [0.717, 1.165) is 22.5 Å². The highest BCUT2D eigenvalue weighted by Gasteiger charge is 1.98. The van der Waals surface area contributed by atoms with Crippen molar-refractivity contribution >= 4 is 27.4 Å². The van der Waals surface area contributed by atoms with E-state index in [2.05, 4.69) is 62.4 Å². The highest BCUT2D eigenvalue weighted by Crippen LogP contribution is 2.17. The zero-order valence-electron chi connectivity index (χ0n) is 9.65. The van der Waals surface area contributed by atoms with Gasteiger partial charge in [0.1, 0.15) is 16.7 Å². The second-order valence-electron chi connectivity index (χ2n) is 3.80. The molecule has 1 aromatic carbocycles. The van der Waals surface area contributed by atoms with Gasteiger partial charge in [-0.25, -0.2) is 9.97 Å². The summed E-state index contributed by atoms with van der Waals surface area (Å²) in [6, 6.07) is 10.3. The van der Waals surface area contributed by atoms with E-state index in [1.807, 2.05) is 6.07 Å². The van der Waals surface area contributed by atoms with Gasteiger partial charge < -0.3 is 5.32 Å². The molecule has 3 nitrogen and oxygen atoms in total. The normalized spacial score (nSPS) is 10.2. The van der Waals surface area contributed by atoms with Crippen LogP contribution in [0.5, 0.6) is 0 Å². The van der Waals surface area contributed by atoms with Gasteiger partial charge in [0.2, 0.25) is 0 Å². The zero-order valence-corrected chi connectivity index (χ0v) is 11.2. The predicted molar refractivity (Wildman–Crippen MR) is 73.5 cm³/mol. The number of benzene rings is 1. The predicted octanol–water partition coefficient (Wildman–Crippen LogP) is 3.94. The first-order valence-corrected chi connectivity index (χ1v) is 6.40. The third-order valence-corrected chi connectivity index (χ3v) is 2.83. The molecular formula is C13H14BrN3. The molecule has 1 heterocycles. The van der Waals surface area contributed by atoms with E-state index in [-0.39, 0.29) is 0 Å². The van der Waals surface area contributed by atoms with E-state index in [0.29, 0.717) is 0 Å². The number of rotatable bonds is 4. The van der Waals surface area contributed by atoms with E-state index in [1.165, 1.54) is 18.3 Å². The smallest absolute Gasteiger partial charge is 0.134 e. The van der Waals surface area contributed by atoms with Gasteiger partial charge in [0.15, 0.2) is 0 Å². The number of aromatic nitrogens is 2. The Morgan fingerprint density at radius 2 is 1.94 bits per heavy atom. The molecular weight excluding hydrogens is 278 g/mol. The first kappa shape index (κ1) is 12.0. The Bertz CT molecular complexity index is 482. The van der Waals surface area contributed by atoms with Gasteiger partial charge >= 0.3 is 0 Å². The average Bonchev–Trinajstić information content (AvgIpc) is 2.32. The average molecular weight is 292 g/mol. The van der Waals surface area contributed by atoms with Crippen LogP contribution < -0.4 is 5.32 Å². The number of hydrogen-bond donors (Lipinski definition) is 1. The molecule has 0 fully saturated rings. The first-order valence-electron chi connectivity index (χ1n) is 5.61. The van der Waals surface area contributed by atoms with Gasteiger partial charge in [-0.15, -0.1) is 0 Å². The van der Waals surface area contributed by atoms with Crippen LogP contribution in [0, 0.1) is 0 Å². The van der Waals surface area contributed by atoms with Crippen LogP contribution in [0.1, 0.15) is 18.9 Å². The van der Waals surface area contributed by atoms with Gasteiger partial charge in [0.05, 0.1) is 0 Å². The lowest BCUT2D eigenvalue weighted by molar-refractivity contribution is 0.922. The van der Waals surface area contributed by atoms with Crippen molar-refractivity contribution in [1.29, 1.82) is 0 Å². The molecule has 17 heavy (non-hydrogen) atoms. The number of halogens is 1. The maximum absolute atomic E-state index is 4.14. The van der Waals surface area contributed by atoms with E-state index in [4.69, 9.17) is 0 Å². The van der Waals surface area contributed by atoms with Crippen molar-refractivity contribution in [1.82, 2.24) is 9.97 Å². The zero-order chi connectivity index (χ0) is 12.1. The molecule has 0 saturated heterocycles. The van der Waals surface area contributed by atoms with Crippen LogP contribution in [-0.2, 0) is 6.42 Å². The second kappa shape index (κ2) is 5.77. The third-order valence-electron chi connectivity index (χ3n) is 2.40. The van der Waals surface area contributed by atoms with Crippen LogP contribution >= 0.6 is 15.9 Å². The molecule has 0 amide bonds. The number of nitrogens with zero attached hydrogens (tertiary/aromatic N) is 2. The summed E-state index contributed by atoms with van der Waals surface area (Å²) in [5.74, 6) is 0.787. The second-order valence-corrected chi connectivity index (χ2v) is 4.61. The van der Waals surface area contributed by atoms with Gasteiger partial charge in [-0.2, -0.15) is 0 Å². The SMILES string of the molecule is CCCc1ccc(Nc2cc(Br)ncn2)cc1. The molecule has 0 aliphatic heterocycles. The molecule has 2 aromatic rings. The summed E-state index contributed by atoms with van der Waals surface area (Å²) in [5.41, 5.74) is 2.40. The van der Waals surface area contributed by atoms with Gasteiger partial charge in [-0.3, -0.25) is 0 Å². The van der Waals surface area contributed by atoms with Crippen LogP contribution in [-0.4, -0.2) is 9.97 Å². The molecule has 88 valence electrons. The molecule has 0 aliphatic carbocycles. The molecule has 0 atom stereocenters. The molecule has 1 aromatic heterocycles. The lowest BCUT2D eigenvalue weighted by Gasteiger charge is -2.06. The molecule has 0 saturated carbocycles. The van der Waals surface area contributed by atoms with Crippen molar-refractivity contribution in [2.75, 3.05) is 5.32 Å². The summed E-state index contributed by atoms with van der Waals surface area (Å²) in [6.45, 7) is 2.19. The maximum atomic E-state index is 4.14. The Kier molecular flexibility index (Phi) is 4.09. The Morgan fingerprint density at radius 3 is 2.59 bits per heavy atom. The lowest BCUT2D eigenvalue weighted by atomic mass is 10.1. The Labute approximate surface area is 109 Å². The van der Waals surface area contributed by atoms with Crippen LogP contribution in [0.3, 0.4) is 0 Å². The minimum absolute atomic E-state index is 0.776. The fourth-order valence-electron chi connectivity index (χ4n) is 1.59. The quantitative estimate of drug-likeness (QED) is 0.867. The number of nitrogens with one attached hydrogen (secondary N) is 1. The van der Waals surface area contributed by atoms with Crippen molar-refractivity contribution in [2.45, 2.75) is 19.8 Å². The Hall–Kier alpha value is -1.42. The van der Waals surface area contributed by atoms with Crippen LogP contribution in [0.25, 0.3) is 0 Å². The van der Waals surface area contributed by atoms with Gasteiger partial charge in [0.25, 0.3) is 0 Å². The maximum Gasteiger partial charge on any atom is 0.134 e. The topological polar surface area (TPSA) is 37.8 Å². The highest BCUT2D eigenvalue weighted by atomic mass is 79.9. The highest BCUT2D eigenvalue weighted by molar-refractivity contribution is 9.10. The number of hydrogen-bond acceptors (Lipinski definition) is 3. The van der Waals surface area contributed by atoms with Crippen molar-refractivity contribution in [3.05, 3.63) is 46.8 Å². The van der Waals surface area contributed by atoms with Crippen molar-refractivity contribution in [3.8, 4) is 0 Å². The minimum Gasteiger partial charge on any atom is -0.340 e. The van der Waals surface area contributed by atoms with Crippen molar-refractivity contribution in [3.63, 3.8) is 0 Å². The first-order chi connectivity index (χ1) is 8.28. The summed E-state index contributed by atoms with van der Waals surface area (Å²) in [5, 5.41) is 3.23. The van der Waals surface area contributed by atoms with Crippen LogP contribution in [0.15, 0.2) is 41.3 Å². The molecule has 4 heteroatoms. The van der Waals surface area contributed by atoms with Crippen molar-refractivity contribution < 1.29 is 0 Å². The monoisotopic (exact) mass is 291 g/mol. The third kappa shape index (κ3) is 3.53. The lowest BCUT2D eigenvalue weighted by Crippen LogP contribution is -1.94. The van der Waals surface area contributed by atoms with Crippen LogP contribution in [0.4, 0.5) is 11.5 Å². The van der Waals surface area contributed by atoms with E-state index in [9.17, 15) is 0 Å². The van der Waals surface area contributed by atoms with Gasteiger partial charge in [0, 0.05) is 11.8 Å². The molecule has 0 radical (unpaired) electrons. The molecule has 0 unspecified atom stereocenters. The van der Waals surface area contributed by atoms with Gasteiger partial charge in [-0.1, -0.05) is 25.5 Å². The number of anilines is 2. The Balaban J connectivity index is 2.08. The summed E-state index contributed by atoms with van der Waals surface area (Å²) in [7, 11) is 0. The van der Waals surface area contributed by atoms with E-state index < -0.39 is 0 Å². The Morgan fingerprint density at radius 1 is 1.18 bits per heavy atom. The molecule has 1 N–H and O–H groups in total. The fraction of sp³-hybridized carbons (Fsp3) is 0.231. The van der Waals surface area contributed by atoms with Gasteiger partial charge in [-0.05, 0) is 40.0 Å². The largest absolute Gasteiger partial charge is 0.340 e. The summed E-state index contributed by atoms with van der Waals surface area (Å²) in [4.78, 5) is 8.13. The summed E-state index contributed by atoms with van der Waals surface area (Å²) >= 11 is 3.32. The van der Waals surface area contributed by atoms with Crippen LogP contribution in [0.2, 0.25) is 0 Å². The molecule has 0 aliphatic rings. The van der Waals surface area contributed by atoms with E-state index >= 15 is 0 Å². The van der Waals surface area contributed by atoms with Crippen molar-refractivity contribution in [2.24, 2.45) is 0 Å². The molecule has 0 spiro atoms. The minimum atomic E-state index is 0.776. The molecule has 2 rings (SSSR count). The summed E-state index contributed by atoms with van der Waals surface area (Å²) in [6.07, 6.45) is 3.82. The molecule has 0 bridgehead atoms. The fourth-order valence-corrected chi connectivity index (χ4v) is 1.90.